The number of ether oxygens (including phenoxy) is 1. The molecular weight excluding hydrogens is 247 g/mol. The minimum Gasteiger partial charge on any atom is -0.382 e. The highest BCUT2D eigenvalue weighted by molar-refractivity contribution is 7.33. The van der Waals surface area contributed by atoms with Gasteiger partial charge in [0.25, 0.3) is 0 Å². The molecule has 0 aromatic rings. The minimum absolute atomic E-state index is 0.750. The molecule has 0 saturated heterocycles. The zero-order chi connectivity index (χ0) is 11.4. The predicted octanol–water partition coefficient (Wildman–Crippen LogP) is 4.45. The van der Waals surface area contributed by atoms with E-state index in [0.717, 1.165) is 19.3 Å². The van der Waals surface area contributed by atoms with Crippen LogP contribution in [0.4, 0.5) is 0 Å². The van der Waals surface area contributed by atoms with Crippen LogP contribution in [0.2, 0.25) is 6.04 Å². The largest absolute Gasteiger partial charge is 0.382 e. The Balaban J connectivity index is 2.87. The molecule has 0 aromatic carbocycles. The van der Waals surface area contributed by atoms with E-state index in [4.69, 9.17) is 26.9 Å². The van der Waals surface area contributed by atoms with Gasteiger partial charge in [0.2, 0.25) is 7.42 Å². The maximum atomic E-state index is 5.71. The third-order valence-corrected chi connectivity index (χ3v) is 4.35. The second-order valence-electron chi connectivity index (χ2n) is 3.91. The van der Waals surface area contributed by atoms with Crippen LogP contribution < -0.4 is 0 Å². The molecule has 0 spiro atoms. The molecule has 0 aliphatic carbocycles. The lowest BCUT2D eigenvalue weighted by Gasteiger charge is -2.04. The van der Waals surface area contributed by atoms with Crippen molar-refractivity contribution in [3.05, 3.63) is 0 Å². The fraction of sp³-hybridized carbons (Fsp3) is 1.00. The van der Waals surface area contributed by atoms with Gasteiger partial charge in [-0.1, -0.05) is 45.4 Å². The maximum Gasteiger partial charge on any atom is 0.239 e. The second kappa shape index (κ2) is 12.8. The topological polar surface area (TPSA) is 9.23 Å². The Labute approximate surface area is 105 Å². The molecule has 0 amide bonds. The average Bonchev–Trinajstić information content (AvgIpc) is 2.20. The number of unbranched alkanes of at least 4 members (excludes halogenated alkanes) is 6. The normalized spacial score (nSPS) is 11.2. The summed E-state index contributed by atoms with van der Waals surface area (Å²) < 4.78 is 5.44. The van der Waals surface area contributed by atoms with Gasteiger partial charge in [-0.05, 0) is 12.5 Å². The van der Waals surface area contributed by atoms with E-state index in [1.807, 2.05) is 0 Å². The molecule has 0 aromatic heterocycles. The highest BCUT2D eigenvalue weighted by atomic mass is 35.7. The fourth-order valence-electron chi connectivity index (χ4n) is 1.44. The minimum atomic E-state index is -1.43. The molecule has 0 aliphatic rings. The average molecular weight is 271 g/mol. The van der Waals surface area contributed by atoms with Gasteiger partial charge in [0.05, 0.1) is 0 Å². The SMILES string of the molecule is CCCCCCCCCOCC[SiH](Cl)Cl. The zero-order valence-corrected chi connectivity index (χ0v) is 12.5. The van der Waals surface area contributed by atoms with E-state index >= 15 is 0 Å². The smallest absolute Gasteiger partial charge is 0.239 e. The van der Waals surface area contributed by atoms with Crippen LogP contribution in [0.15, 0.2) is 0 Å². The summed E-state index contributed by atoms with van der Waals surface area (Å²) in [5.41, 5.74) is 0. The zero-order valence-electron chi connectivity index (χ0n) is 9.81. The summed E-state index contributed by atoms with van der Waals surface area (Å²) in [6.07, 6.45) is 9.31. The molecule has 0 aliphatic heterocycles. The molecule has 0 rings (SSSR count). The van der Waals surface area contributed by atoms with Gasteiger partial charge < -0.3 is 4.74 Å². The van der Waals surface area contributed by atoms with Crippen LogP contribution >= 0.6 is 22.2 Å². The van der Waals surface area contributed by atoms with Crippen molar-refractivity contribution >= 4 is 29.6 Å². The number of hydrogen-bond donors (Lipinski definition) is 0. The van der Waals surface area contributed by atoms with E-state index < -0.39 is 7.42 Å². The van der Waals surface area contributed by atoms with E-state index in [2.05, 4.69) is 6.92 Å². The Bertz CT molecular complexity index is 123. The van der Waals surface area contributed by atoms with E-state index in [1.165, 1.54) is 44.9 Å². The molecule has 0 atom stereocenters. The summed E-state index contributed by atoms with van der Waals surface area (Å²) >= 11 is 11.4. The number of rotatable bonds is 11. The Morgan fingerprint density at radius 2 is 1.47 bits per heavy atom. The van der Waals surface area contributed by atoms with Gasteiger partial charge in [-0.15, -0.1) is 0 Å². The first kappa shape index (κ1) is 15.8. The summed E-state index contributed by atoms with van der Waals surface area (Å²) in [5.74, 6) is 0. The van der Waals surface area contributed by atoms with Crippen molar-refractivity contribution in [2.45, 2.75) is 57.9 Å². The molecule has 0 N–H and O–H groups in total. The van der Waals surface area contributed by atoms with Crippen LogP contribution in [-0.2, 0) is 4.74 Å². The fourth-order valence-corrected chi connectivity index (χ4v) is 2.32. The summed E-state index contributed by atoms with van der Waals surface area (Å²) in [5, 5.41) is 0. The van der Waals surface area contributed by atoms with Gasteiger partial charge in [-0.2, -0.15) is 22.2 Å². The van der Waals surface area contributed by atoms with Crippen molar-refractivity contribution in [2.24, 2.45) is 0 Å². The second-order valence-corrected chi connectivity index (χ2v) is 9.10. The quantitative estimate of drug-likeness (QED) is 0.306. The van der Waals surface area contributed by atoms with Crippen molar-refractivity contribution in [1.82, 2.24) is 0 Å². The van der Waals surface area contributed by atoms with Crippen molar-refractivity contribution in [2.75, 3.05) is 13.2 Å². The maximum absolute atomic E-state index is 5.71. The van der Waals surface area contributed by atoms with Gasteiger partial charge in [0, 0.05) is 13.2 Å². The van der Waals surface area contributed by atoms with Gasteiger partial charge in [-0.3, -0.25) is 0 Å². The number of halogens is 2. The molecule has 0 unspecified atom stereocenters. The highest BCUT2D eigenvalue weighted by Gasteiger charge is 2.00. The number of hydrogen-bond acceptors (Lipinski definition) is 1. The van der Waals surface area contributed by atoms with E-state index in [0.29, 0.717) is 0 Å². The first-order valence-electron chi connectivity index (χ1n) is 6.13. The van der Waals surface area contributed by atoms with Gasteiger partial charge in [-0.25, -0.2) is 0 Å². The molecule has 0 heterocycles. The first-order chi connectivity index (χ1) is 7.27. The summed E-state index contributed by atoms with van der Waals surface area (Å²) in [6, 6.07) is 0.875. The standard InChI is InChI=1S/C11H24Cl2OSi/c1-2-3-4-5-6-7-8-9-14-10-11-15(12)13/h15H,2-11H2,1H3. The van der Waals surface area contributed by atoms with Crippen LogP contribution in [0.3, 0.4) is 0 Å². The van der Waals surface area contributed by atoms with Crippen LogP contribution in [0.5, 0.6) is 0 Å². The first-order valence-corrected chi connectivity index (χ1v) is 10.4. The Morgan fingerprint density at radius 1 is 0.867 bits per heavy atom. The van der Waals surface area contributed by atoms with E-state index in [9.17, 15) is 0 Å². The Kier molecular flexibility index (Phi) is 13.5. The molecule has 0 saturated carbocycles. The third kappa shape index (κ3) is 14.8. The molecule has 4 heteroatoms. The van der Waals surface area contributed by atoms with E-state index in [-0.39, 0.29) is 0 Å². The van der Waals surface area contributed by atoms with Crippen LogP contribution in [0.25, 0.3) is 0 Å². The molecule has 92 valence electrons. The lowest BCUT2D eigenvalue weighted by atomic mass is 10.1. The van der Waals surface area contributed by atoms with Crippen molar-refractivity contribution in [3.8, 4) is 0 Å². The summed E-state index contributed by atoms with van der Waals surface area (Å²) in [7, 11) is -1.43. The van der Waals surface area contributed by atoms with Crippen LogP contribution in [0.1, 0.15) is 51.9 Å². The van der Waals surface area contributed by atoms with E-state index in [1.54, 1.807) is 0 Å². The highest BCUT2D eigenvalue weighted by Crippen LogP contribution is 2.07. The summed E-state index contributed by atoms with van der Waals surface area (Å²) in [6.45, 7) is 3.88. The van der Waals surface area contributed by atoms with Crippen molar-refractivity contribution in [1.29, 1.82) is 0 Å². The molecule has 0 bridgehead atoms. The Hall–Kier alpha value is 0.757. The lowest BCUT2D eigenvalue weighted by Crippen LogP contribution is -2.02. The summed E-state index contributed by atoms with van der Waals surface area (Å²) in [4.78, 5) is 0. The van der Waals surface area contributed by atoms with Gasteiger partial charge in [0.15, 0.2) is 0 Å². The van der Waals surface area contributed by atoms with Crippen LogP contribution in [0, 0.1) is 0 Å². The van der Waals surface area contributed by atoms with Crippen molar-refractivity contribution in [3.63, 3.8) is 0 Å². The van der Waals surface area contributed by atoms with Gasteiger partial charge >= 0.3 is 0 Å². The Morgan fingerprint density at radius 3 is 2.07 bits per heavy atom. The molecule has 0 radical (unpaired) electrons. The van der Waals surface area contributed by atoms with Gasteiger partial charge in [0.1, 0.15) is 0 Å². The molecular formula is C11H24Cl2OSi. The van der Waals surface area contributed by atoms with Crippen molar-refractivity contribution < 1.29 is 4.74 Å². The van der Waals surface area contributed by atoms with Crippen LogP contribution in [-0.4, -0.2) is 20.6 Å². The third-order valence-electron chi connectivity index (χ3n) is 2.37. The molecule has 1 nitrogen and oxygen atoms in total. The molecule has 0 fully saturated rings. The molecule has 15 heavy (non-hydrogen) atoms. The monoisotopic (exact) mass is 270 g/mol. The lowest BCUT2D eigenvalue weighted by molar-refractivity contribution is 0.143. The predicted molar refractivity (Wildman–Crippen MR) is 72.5 cm³/mol.